The molecule has 28 heavy (non-hydrogen) atoms. The van der Waals surface area contributed by atoms with Gasteiger partial charge in [0, 0.05) is 17.1 Å². The zero-order valence-electron chi connectivity index (χ0n) is 15.2. The lowest BCUT2D eigenvalue weighted by atomic mass is 10.2. The molecule has 2 aromatic heterocycles. The van der Waals surface area contributed by atoms with Crippen LogP contribution in [0.5, 0.6) is 0 Å². The van der Waals surface area contributed by atoms with Crippen molar-refractivity contribution in [1.29, 1.82) is 0 Å². The molecule has 7 nitrogen and oxygen atoms in total. The van der Waals surface area contributed by atoms with Crippen LogP contribution in [-0.2, 0) is 4.74 Å². The molecule has 7 heteroatoms. The molecular weight excluding hydrogens is 356 g/mol. The molecule has 140 valence electrons. The predicted octanol–water partition coefficient (Wildman–Crippen LogP) is 4.37. The summed E-state index contributed by atoms with van der Waals surface area (Å²) in [7, 11) is 0. The molecule has 0 aliphatic rings. The number of nitrogens with one attached hydrogen (secondary N) is 1. The number of hydrogen-bond donors (Lipinski definition) is 1. The number of nitrogens with zero attached hydrogens (tertiary/aromatic N) is 3. The first-order chi connectivity index (χ1) is 13.7. The van der Waals surface area contributed by atoms with Gasteiger partial charge in [0.25, 0.3) is 0 Å². The van der Waals surface area contributed by atoms with E-state index < -0.39 is 6.09 Å². The molecule has 1 amide bonds. The number of fused-ring (bicyclic) bond motifs is 1. The van der Waals surface area contributed by atoms with Gasteiger partial charge in [0.15, 0.2) is 5.76 Å². The van der Waals surface area contributed by atoms with Crippen LogP contribution >= 0.6 is 0 Å². The zero-order valence-corrected chi connectivity index (χ0v) is 15.2. The van der Waals surface area contributed by atoms with E-state index in [0.29, 0.717) is 17.0 Å². The molecule has 0 spiro atoms. The van der Waals surface area contributed by atoms with Crippen LogP contribution in [0.15, 0.2) is 76.4 Å². The Hall–Kier alpha value is -3.87. The summed E-state index contributed by atoms with van der Waals surface area (Å²) in [4.78, 5) is 11.4. The van der Waals surface area contributed by atoms with Crippen molar-refractivity contribution in [2.45, 2.75) is 6.92 Å². The molecule has 0 aliphatic carbocycles. The first-order valence-electron chi connectivity index (χ1n) is 8.84. The minimum absolute atomic E-state index is 0.275. The van der Waals surface area contributed by atoms with Gasteiger partial charge >= 0.3 is 6.09 Å². The molecule has 0 saturated heterocycles. The molecule has 4 rings (SSSR count). The van der Waals surface area contributed by atoms with Crippen LogP contribution in [-0.4, -0.2) is 28.7 Å². The van der Waals surface area contributed by atoms with E-state index in [4.69, 9.17) is 9.15 Å². The number of amides is 1. The molecule has 0 radical (unpaired) electrons. The molecule has 1 N–H and O–H groups in total. The van der Waals surface area contributed by atoms with Gasteiger partial charge in [-0.05, 0) is 31.2 Å². The Labute approximate surface area is 161 Å². The van der Waals surface area contributed by atoms with Gasteiger partial charge in [-0.15, -0.1) is 0 Å². The van der Waals surface area contributed by atoms with Crippen LogP contribution in [0, 0.1) is 0 Å². The Morgan fingerprint density at radius 3 is 2.79 bits per heavy atom. The summed E-state index contributed by atoms with van der Waals surface area (Å²) >= 11 is 0. The number of aromatic nitrogens is 2. The number of carbonyl (C=O) groups is 1. The number of carbonyl (C=O) groups excluding carboxylic acids is 1. The molecule has 0 aliphatic heterocycles. The quantitative estimate of drug-likeness (QED) is 0.415. The highest BCUT2D eigenvalue weighted by Gasteiger charge is 2.15. The molecule has 0 fully saturated rings. The molecular formula is C21H18N4O3. The third-order valence-electron chi connectivity index (χ3n) is 4.06. The van der Waals surface area contributed by atoms with Crippen molar-refractivity contribution in [3.05, 3.63) is 72.4 Å². The highest BCUT2D eigenvalue weighted by Crippen LogP contribution is 2.29. The summed E-state index contributed by atoms with van der Waals surface area (Å²) in [6, 6.07) is 19.4. The highest BCUT2D eigenvalue weighted by molar-refractivity contribution is 5.91. The van der Waals surface area contributed by atoms with Crippen LogP contribution in [0.2, 0.25) is 0 Å². The van der Waals surface area contributed by atoms with Crippen LogP contribution < -0.4 is 5.43 Å². The van der Waals surface area contributed by atoms with Crippen LogP contribution in [0.1, 0.15) is 12.5 Å². The summed E-state index contributed by atoms with van der Waals surface area (Å²) in [5.74, 6) is 0.619. The second-order valence-corrected chi connectivity index (χ2v) is 5.95. The molecule has 4 aromatic rings. The fraction of sp³-hybridized carbons (Fsp3) is 0.0952. The van der Waals surface area contributed by atoms with E-state index in [1.165, 1.54) is 6.21 Å². The molecule has 2 heterocycles. The van der Waals surface area contributed by atoms with E-state index in [0.717, 1.165) is 16.7 Å². The lowest BCUT2D eigenvalue weighted by molar-refractivity contribution is 0.152. The fourth-order valence-electron chi connectivity index (χ4n) is 2.80. The monoisotopic (exact) mass is 374 g/mol. The Morgan fingerprint density at radius 1 is 1.21 bits per heavy atom. The molecule has 2 aromatic carbocycles. The van der Waals surface area contributed by atoms with Gasteiger partial charge in [-0.1, -0.05) is 36.4 Å². The number of hydrogen-bond acceptors (Lipinski definition) is 5. The van der Waals surface area contributed by atoms with E-state index in [9.17, 15) is 4.79 Å². The van der Waals surface area contributed by atoms with Crippen LogP contribution in [0.4, 0.5) is 4.79 Å². The number of rotatable bonds is 5. The van der Waals surface area contributed by atoms with E-state index in [2.05, 4.69) is 15.6 Å². The van der Waals surface area contributed by atoms with Gasteiger partial charge in [0.1, 0.15) is 11.3 Å². The van der Waals surface area contributed by atoms with Crippen molar-refractivity contribution in [1.82, 2.24) is 15.2 Å². The first kappa shape index (κ1) is 17.5. The van der Waals surface area contributed by atoms with Crippen molar-refractivity contribution in [3.63, 3.8) is 0 Å². The van der Waals surface area contributed by atoms with Gasteiger partial charge in [0.05, 0.1) is 18.5 Å². The number of furan rings is 1. The average molecular weight is 374 g/mol. The number of benzene rings is 2. The second kappa shape index (κ2) is 7.79. The van der Waals surface area contributed by atoms with Gasteiger partial charge in [0.2, 0.25) is 0 Å². The van der Waals surface area contributed by atoms with Gasteiger partial charge in [-0.2, -0.15) is 10.2 Å². The first-order valence-corrected chi connectivity index (χ1v) is 8.84. The van der Waals surface area contributed by atoms with E-state index >= 15 is 0 Å². The summed E-state index contributed by atoms with van der Waals surface area (Å²) in [5, 5.41) is 9.62. The Balaban J connectivity index is 1.73. The minimum Gasteiger partial charge on any atom is -0.454 e. The zero-order chi connectivity index (χ0) is 19.3. The minimum atomic E-state index is -0.612. The number of ether oxygens (including phenoxy) is 1. The smallest absolute Gasteiger partial charge is 0.427 e. The summed E-state index contributed by atoms with van der Waals surface area (Å²) in [6.07, 6.45) is 2.74. The SMILES string of the molecule is CCOC(=O)N/N=C/c1cn(-c2ccccc2)nc1-c1cc2ccccc2o1. The lowest BCUT2D eigenvalue weighted by Crippen LogP contribution is -2.18. The topological polar surface area (TPSA) is 81.6 Å². The largest absolute Gasteiger partial charge is 0.454 e. The predicted molar refractivity (Wildman–Crippen MR) is 107 cm³/mol. The van der Waals surface area contributed by atoms with Crippen molar-refractivity contribution in [2.75, 3.05) is 6.61 Å². The van der Waals surface area contributed by atoms with E-state index in [1.54, 1.807) is 11.6 Å². The average Bonchev–Trinajstić information content (AvgIpc) is 3.33. The maximum Gasteiger partial charge on any atom is 0.427 e. The van der Waals surface area contributed by atoms with Crippen molar-refractivity contribution in [2.24, 2.45) is 5.10 Å². The Kier molecular flexibility index (Phi) is 4.88. The molecule has 0 bridgehead atoms. The third kappa shape index (κ3) is 3.64. The lowest BCUT2D eigenvalue weighted by Gasteiger charge is -1.98. The van der Waals surface area contributed by atoms with Crippen molar-refractivity contribution < 1.29 is 13.9 Å². The number of hydrazone groups is 1. The second-order valence-electron chi connectivity index (χ2n) is 5.95. The van der Waals surface area contributed by atoms with Crippen LogP contribution in [0.25, 0.3) is 28.1 Å². The normalized spacial score (nSPS) is 11.2. The molecule has 0 saturated carbocycles. The van der Waals surface area contributed by atoms with Gasteiger partial charge < -0.3 is 9.15 Å². The maximum atomic E-state index is 11.4. The maximum absolute atomic E-state index is 11.4. The summed E-state index contributed by atoms with van der Waals surface area (Å²) in [6.45, 7) is 2.00. The Morgan fingerprint density at radius 2 is 2.00 bits per heavy atom. The summed E-state index contributed by atoms with van der Waals surface area (Å²) < 4.78 is 12.5. The molecule has 0 unspecified atom stereocenters. The Bertz CT molecular complexity index is 1100. The third-order valence-corrected chi connectivity index (χ3v) is 4.06. The summed E-state index contributed by atoms with van der Waals surface area (Å²) in [5.41, 5.74) is 5.32. The standard InChI is InChI=1S/C21H18N4O3/c1-2-27-21(26)23-22-13-16-14-25(17-9-4-3-5-10-17)24-20(16)19-12-15-8-6-7-11-18(15)28-19/h3-14H,2H2,1H3,(H,23,26)/b22-13+. The van der Waals surface area contributed by atoms with Crippen molar-refractivity contribution >= 4 is 23.3 Å². The van der Waals surface area contributed by atoms with Gasteiger partial charge in [-0.25, -0.2) is 14.9 Å². The van der Waals surface area contributed by atoms with Crippen molar-refractivity contribution in [3.8, 4) is 17.1 Å². The number of para-hydroxylation sites is 2. The molecule has 0 atom stereocenters. The van der Waals surface area contributed by atoms with E-state index in [-0.39, 0.29) is 6.61 Å². The fourth-order valence-corrected chi connectivity index (χ4v) is 2.80. The van der Waals surface area contributed by atoms with E-state index in [1.807, 2.05) is 66.9 Å². The van der Waals surface area contributed by atoms with Gasteiger partial charge in [-0.3, -0.25) is 0 Å². The van der Waals surface area contributed by atoms with Crippen LogP contribution in [0.3, 0.4) is 0 Å². The highest BCUT2D eigenvalue weighted by atomic mass is 16.5.